The fraction of sp³-hybridized carbons (Fsp3) is 0.455. The third-order valence-electron chi connectivity index (χ3n) is 2.29. The third kappa shape index (κ3) is 4.40. The van der Waals surface area contributed by atoms with E-state index < -0.39 is 27.2 Å². The maximum absolute atomic E-state index is 13.3. The van der Waals surface area contributed by atoms with Gasteiger partial charge < -0.3 is 5.73 Å². The zero-order valence-electron chi connectivity index (χ0n) is 9.49. The molecule has 1 atom stereocenters. The molecule has 1 unspecified atom stereocenters. The monoisotopic (exact) mass is 263 g/mol. The summed E-state index contributed by atoms with van der Waals surface area (Å²) >= 11 is 0. The molecule has 1 aromatic carbocycles. The van der Waals surface area contributed by atoms with Crippen molar-refractivity contribution in [2.45, 2.75) is 25.1 Å². The third-order valence-corrected chi connectivity index (χ3v) is 3.90. The van der Waals surface area contributed by atoms with Crippen LogP contribution in [0, 0.1) is 11.6 Å². The molecule has 1 aromatic rings. The van der Waals surface area contributed by atoms with Crippen LogP contribution in [-0.2, 0) is 15.6 Å². The summed E-state index contributed by atoms with van der Waals surface area (Å²) in [5.74, 6) is -2.76. The summed E-state index contributed by atoms with van der Waals surface area (Å²) in [6, 6.07) is 3.27. The Hall–Kier alpha value is -1.01. The molecule has 0 heterocycles. The van der Waals surface area contributed by atoms with Gasteiger partial charge in [-0.05, 0) is 19.4 Å². The Morgan fingerprint density at radius 2 is 2.00 bits per heavy atom. The van der Waals surface area contributed by atoms with E-state index in [0.717, 1.165) is 6.07 Å². The molecule has 0 aromatic heterocycles. The molecule has 3 nitrogen and oxygen atoms in total. The number of hydrogen-bond acceptors (Lipinski definition) is 3. The number of hydrogen-bond donors (Lipinski definition) is 1. The number of nitrogens with two attached hydrogens (primary N) is 1. The van der Waals surface area contributed by atoms with Gasteiger partial charge in [-0.2, -0.15) is 0 Å². The Labute approximate surface area is 99.6 Å². The molecule has 96 valence electrons. The summed E-state index contributed by atoms with van der Waals surface area (Å²) in [6.45, 7) is 1.69. The van der Waals surface area contributed by atoms with Crippen LogP contribution in [0.3, 0.4) is 0 Å². The molecule has 2 N–H and O–H groups in total. The van der Waals surface area contributed by atoms with Gasteiger partial charge in [0.25, 0.3) is 0 Å². The number of benzene rings is 1. The topological polar surface area (TPSA) is 60.2 Å². The summed E-state index contributed by atoms with van der Waals surface area (Å²) in [7, 11) is -3.46. The van der Waals surface area contributed by atoms with E-state index in [-0.39, 0.29) is 17.4 Å². The maximum atomic E-state index is 13.3. The fourth-order valence-corrected chi connectivity index (χ4v) is 2.91. The van der Waals surface area contributed by atoms with Crippen molar-refractivity contribution in [3.05, 3.63) is 35.4 Å². The van der Waals surface area contributed by atoms with Crippen molar-refractivity contribution in [2.75, 3.05) is 5.75 Å². The van der Waals surface area contributed by atoms with Crippen molar-refractivity contribution in [3.8, 4) is 0 Å². The SMILES string of the molecule is CC(N)CCS(=O)(=O)Cc1cccc(F)c1F. The Balaban J connectivity index is 2.80. The molecular formula is C11H15F2NO2S. The van der Waals surface area contributed by atoms with Gasteiger partial charge in [0, 0.05) is 11.6 Å². The van der Waals surface area contributed by atoms with Crippen LogP contribution in [0.1, 0.15) is 18.9 Å². The minimum Gasteiger partial charge on any atom is -0.328 e. The second kappa shape index (κ2) is 5.55. The molecule has 6 heteroatoms. The fourth-order valence-electron chi connectivity index (χ4n) is 1.33. The lowest BCUT2D eigenvalue weighted by Gasteiger charge is -2.07. The predicted octanol–water partition coefficient (Wildman–Crippen LogP) is 1.62. The van der Waals surface area contributed by atoms with E-state index >= 15 is 0 Å². The normalized spacial score (nSPS) is 13.6. The first kappa shape index (κ1) is 14.1. The van der Waals surface area contributed by atoms with Gasteiger partial charge in [0.2, 0.25) is 0 Å². The molecule has 1 rings (SSSR count). The molecule has 0 aliphatic heterocycles. The molecule has 0 amide bonds. The van der Waals surface area contributed by atoms with Gasteiger partial charge in [0.15, 0.2) is 21.5 Å². The maximum Gasteiger partial charge on any atom is 0.163 e. The Bertz CT molecular complexity index is 486. The molecule has 0 aliphatic rings. The average molecular weight is 263 g/mol. The molecule has 0 radical (unpaired) electrons. The first-order chi connectivity index (χ1) is 7.82. The molecule has 0 bridgehead atoms. The molecule has 0 aliphatic carbocycles. The van der Waals surface area contributed by atoms with Crippen LogP contribution < -0.4 is 5.73 Å². The lowest BCUT2D eigenvalue weighted by molar-refractivity contribution is 0.501. The van der Waals surface area contributed by atoms with E-state index in [1.54, 1.807) is 6.92 Å². The second-order valence-electron chi connectivity index (χ2n) is 4.07. The second-order valence-corrected chi connectivity index (χ2v) is 6.25. The van der Waals surface area contributed by atoms with Crippen LogP contribution in [0.4, 0.5) is 8.78 Å². The standard InChI is InChI=1S/C11H15F2NO2S/c1-8(14)5-6-17(15,16)7-9-3-2-4-10(12)11(9)13/h2-4,8H,5-7,14H2,1H3. The van der Waals surface area contributed by atoms with Crippen molar-refractivity contribution >= 4 is 9.84 Å². The summed E-state index contributed by atoms with van der Waals surface area (Å²) < 4.78 is 49.4. The molecule has 0 spiro atoms. The van der Waals surface area contributed by atoms with Gasteiger partial charge >= 0.3 is 0 Å². The van der Waals surface area contributed by atoms with Gasteiger partial charge in [0.05, 0.1) is 11.5 Å². The van der Waals surface area contributed by atoms with Gasteiger partial charge in [-0.1, -0.05) is 12.1 Å². The Kier molecular flexibility index (Phi) is 4.59. The summed E-state index contributed by atoms with van der Waals surface area (Å²) in [4.78, 5) is 0. The Morgan fingerprint density at radius 3 is 2.59 bits per heavy atom. The summed E-state index contributed by atoms with van der Waals surface area (Å²) in [5.41, 5.74) is 5.30. The summed E-state index contributed by atoms with van der Waals surface area (Å²) in [5, 5.41) is 0. The largest absolute Gasteiger partial charge is 0.328 e. The highest BCUT2D eigenvalue weighted by Gasteiger charge is 2.17. The molecule has 17 heavy (non-hydrogen) atoms. The zero-order chi connectivity index (χ0) is 13.1. The van der Waals surface area contributed by atoms with Gasteiger partial charge in [-0.3, -0.25) is 0 Å². The first-order valence-electron chi connectivity index (χ1n) is 5.21. The van der Waals surface area contributed by atoms with Crippen LogP contribution in [0.5, 0.6) is 0 Å². The first-order valence-corrected chi connectivity index (χ1v) is 7.03. The highest BCUT2D eigenvalue weighted by molar-refractivity contribution is 7.90. The van der Waals surface area contributed by atoms with Crippen molar-refractivity contribution < 1.29 is 17.2 Å². The van der Waals surface area contributed by atoms with Crippen LogP contribution in [0.25, 0.3) is 0 Å². The number of halogens is 2. The van der Waals surface area contributed by atoms with E-state index in [9.17, 15) is 17.2 Å². The van der Waals surface area contributed by atoms with Crippen LogP contribution in [0.2, 0.25) is 0 Å². The van der Waals surface area contributed by atoms with Crippen LogP contribution >= 0.6 is 0 Å². The number of sulfone groups is 1. The van der Waals surface area contributed by atoms with Gasteiger partial charge in [-0.25, -0.2) is 17.2 Å². The minimum atomic E-state index is -3.46. The van der Waals surface area contributed by atoms with E-state index in [2.05, 4.69) is 0 Å². The lowest BCUT2D eigenvalue weighted by atomic mass is 10.2. The lowest BCUT2D eigenvalue weighted by Crippen LogP contribution is -2.21. The number of rotatable bonds is 5. The zero-order valence-corrected chi connectivity index (χ0v) is 10.3. The van der Waals surface area contributed by atoms with E-state index in [4.69, 9.17) is 5.73 Å². The van der Waals surface area contributed by atoms with Gasteiger partial charge in [-0.15, -0.1) is 0 Å². The minimum absolute atomic E-state index is 0.124. The van der Waals surface area contributed by atoms with Crippen molar-refractivity contribution in [2.24, 2.45) is 5.73 Å². The van der Waals surface area contributed by atoms with Crippen LogP contribution in [-0.4, -0.2) is 20.2 Å². The molecular weight excluding hydrogens is 248 g/mol. The smallest absolute Gasteiger partial charge is 0.163 e. The van der Waals surface area contributed by atoms with Crippen molar-refractivity contribution in [1.29, 1.82) is 0 Å². The van der Waals surface area contributed by atoms with E-state index in [1.165, 1.54) is 12.1 Å². The highest BCUT2D eigenvalue weighted by Crippen LogP contribution is 2.15. The molecule has 0 saturated carbocycles. The van der Waals surface area contributed by atoms with Crippen LogP contribution in [0.15, 0.2) is 18.2 Å². The summed E-state index contributed by atoms with van der Waals surface area (Å²) in [6.07, 6.45) is 0.305. The van der Waals surface area contributed by atoms with E-state index in [1.807, 2.05) is 0 Å². The predicted molar refractivity (Wildman–Crippen MR) is 62.1 cm³/mol. The van der Waals surface area contributed by atoms with Gasteiger partial charge in [0.1, 0.15) is 0 Å². The molecule has 0 saturated heterocycles. The molecule has 0 fully saturated rings. The average Bonchev–Trinajstić information content (AvgIpc) is 2.22. The van der Waals surface area contributed by atoms with Crippen molar-refractivity contribution in [1.82, 2.24) is 0 Å². The quantitative estimate of drug-likeness (QED) is 0.878. The van der Waals surface area contributed by atoms with E-state index in [0.29, 0.717) is 6.42 Å². The highest BCUT2D eigenvalue weighted by atomic mass is 32.2. The Morgan fingerprint density at radius 1 is 1.35 bits per heavy atom. The van der Waals surface area contributed by atoms with Crippen molar-refractivity contribution in [3.63, 3.8) is 0 Å².